The average Bonchev–Trinajstić information content (AvgIpc) is 2.43. The summed E-state index contributed by atoms with van der Waals surface area (Å²) < 4.78 is 7.05. The topological polar surface area (TPSA) is 35.2 Å². The first-order valence-electron chi connectivity index (χ1n) is 6.97. The Morgan fingerprint density at radius 2 is 1.86 bits per heavy atom. The van der Waals surface area contributed by atoms with E-state index in [9.17, 15) is 0 Å². The van der Waals surface area contributed by atoms with Crippen molar-refractivity contribution in [1.82, 2.24) is 0 Å². The summed E-state index contributed by atoms with van der Waals surface area (Å²) >= 11 is 9.80. The largest absolute Gasteiger partial charge is 0.456 e. The number of rotatable bonds is 5. The van der Waals surface area contributed by atoms with Gasteiger partial charge in [-0.05, 0) is 60.3 Å². The van der Waals surface area contributed by atoms with Crippen LogP contribution in [-0.2, 0) is 6.42 Å². The zero-order valence-corrected chi connectivity index (χ0v) is 14.5. The molecule has 0 amide bonds. The molecule has 0 aliphatic heterocycles. The fourth-order valence-electron chi connectivity index (χ4n) is 2.13. The van der Waals surface area contributed by atoms with Gasteiger partial charge in [0.1, 0.15) is 11.5 Å². The fraction of sp³-hybridized carbons (Fsp3) is 0.294. The molecular formula is C17H19BrClNO. The molecule has 2 aromatic carbocycles. The van der Waals surface area contributed by atoms with Crippen LogP contribution in [0.25, 0.3) is 0 Å². The molecule has 21 heavy (non-hydrogen) atoms. The number of hydrogen-bond donors (Lipinski definition) is 1. The van der Waals surface area contributed by atoms with Crippen molar-refractivity contribution in [2.75, 3.05) is 6.54 Å². The average molecular weight is 369 g/mol. The van der Waals surface area contributed by atoms with Gasteiger partial charge in [0.2, 0.25) is 0 Å². The summed E-state index contributed by atoms with van der Waals surface area (Å²) in [5.41, 5.74) is 7.83. The van der Waals surface area contributed by atoms with E-state index in [1.165, 1.54) is 0 Å². The van der Waals surface area contributed by atoms with Crippen LogP contribution in [0.2, 0.25) is 5.02 Å². The van der Waals surface area contributed by atoms with Gasteiger partial charge >= 0.3 is 0 Å². The molecule has 0 bridgehead atoms. The summed E-state index contributed by atoms with van der Waals surface area (Å²) in [6.07, 6.45) is 0.815. The molecule has 2 N–H and O–H groups in total. The van der Waals surface area contributed by atoms with Gasteiger partial charge in [-0.1, -0.05) is 47.4 Å². The van der Waals surface area contributed by atoms with Crippen molar-refractivity contribution in [3.63, 3.8) is 0 Å². The van der Waals surface area contributed by atoms with Crippen LogP contribution in [0.5, 0.6) is 11.5 Å². The Kier molecular flexibility index (Phi) is 5.68. The summed E-state index contributed by atoms with van der Waals surface area (Å²) in [6.45, 7) is 4.89. The van der Waals surface area contributed by atoms with Gasteiger partial charge in [-0.2, -0.15) is 0 Å². The maximum Gasteiger partial charge on any atom is 0.146 e. The molecule has 0 aromatic heterocycles. The van der Waals surface area contributed by atoms with Gasteiger partial charge in [-0.25, -0.2) is 0 Å². The SMILES string of the molecule is CC(C)c1cc(Br)ccc1Oc1ccc(CCN)cc1Cl. The highest BCUT2D eigenvalue weighted by molar-refractivity contribution is 9.10. The third-order valence-corrected chi connectivity index (χ3v) is 4.03. The molecular weight excluding hydrogens is 350 g/mol. The number of nitrogens with two attached hydrogens (primary N) is 1. The quantitative estimate of drug-likeness (QED) is 0.754. The minimum Gasteiger partial charge on any atom is -0.456 e. The van der Waals surface area contributed by atoms with Gasteiger partial charge in [0.25, 0.3) is 0 Å². The van der Waals surface area contributed by atoms with E-state index >= 15 is 0 Å². The second-order valence-electron chi connectivity index (χ2n) is 5.24. The van der Waals surface area contributed by atoms with Crippen LogP contribution in [0.1, 0.15) is 30.9 Å². The van der Waals surface area contributed by atoms with Crippen molar-refractivity contribution in [3.8, 4) is 11.5 Å². The standard InChI is InChI=1S/C17H19BrClNO/c1-11(2)14-10-13(18)4-6-16(14)21-17-5-3-12(7-8-20)9-15(17)19/h3-6,9-11H,7-8,20H2,1-2H3. The smallest absolute Gasteiger partial charge is 0.146 e. The predicted molar refractivity (Wildman–Crippen MR) is 92.5 cm³/mol. The molecule has 0 aliphatic carbocycles. The lowest BCUT2D eigenvalue weighted by molar-refractivity contribution is 0.473. The van der Waals surface area contributed by atoms with Gasteiger partial charge < -0.3 is 10.5 Å². The Labute approximate surface area is 139 Å². The van der Waals surface area contributed by atoms with Gasteiger partial charge in [0.15, 0.2) is 0 Å². The van der Waals surface area contributed by atoms with E-state index in [2.05, 4.69) is 35.8 Å². The second-order valence-corrected chi connectivity index (χ2v) is 6.57. The fourth-order valence-corrected chi connectivity index (χ4v) is 2.75. The lowest BCUT2D eigenvalue weighted by Gasteiger charge is -2.15. The molecule has 0 unspecified atom stereocenters. The van der Waals surface area contributed by atoms with Crippen molar-refractivity contribution in [2.45, 2.75) is 26.2 Å². The van der Waals surface area contributed by atoms with E-state index in [1.807, 2.05) is 30.3 Å². The lowest BCUT2D eigenvalue weighted by Crippen LogP contribution is -2.02. The number of ether oxygens (including phenoxy) is 1. The zero-order chi connectivity index (χ0) is 15.4. The minimum absolute atomic E-state index is 0.368. The van der Waals surface area contributed by atoms with Crippen molar-refractivity contribution in [1.29, 1.82) is 0 Å². The Morgan fingerprint density at radius 1 is 1.14 bits per heavy atom. The Morgan fingerprint density at radius 3 is 2.48 bits per heavy atom. The van der Waals surface area contributed by atoms with Gasteiger partial charge in [-0.15, -0.1) is 0 Å². The summed E-state index contributed by atoms with van der Waals surface area (Å²) in [6, 6.07) is 11.8. The molecule has 0 radical (unpaired) electrons. The monoisotopic (exact) mass is 367 g/mol. The van der Waals surface area contributed by atoms with Gasteiger partial charge in [0, 0.05) is 4.47 Å². The third kappa shape index (κ3) is 4.22. The van der Waals surface area contributed by atoms with Gasteiger partial charge in [-0.3, -0.25) is 0 Å². The van der Waals surface area contributed by atoms with E-state index in [0.29, 0.717) is 23.2 Å². The van der Waals surface area contributed by atoms with Crippen LogP contribution >= 0.6 is 27.5 Å². The van der Waals surface area contributed by atoms with Gasteiger partial charge in [0.05, 0.1) is 5.02 Å². The van der Waals surface area contributed by atoms with Crippen LogP contribution in [-0.4, -0.2) is 6.54 Å². The number of benzene rings is 2. The van der Waals surface area contributed by atoms with Crippen LogP contribution < -0.4 is 10.5 Å². The summed E-state index contributed by atoms with van der Waals surface area (Å²) in [5.74, 6) is 1.87. The van der Waals surface area contributed by atoms with Crippen LogP contribution in [0.4, 0.5) is 0 Å². The lowest BCUT2D eigenvalue weighted by atomic mass is 10.0. The number of hydrogen-bond acceptors (Lipinski definition) is 2. The molecule has 0 spiro atoms. The molecule has 0 aliphatic rings. The molecule has 2 rings (SSSR count). The summed E-state index contributed by atoms with van der Waals surface area (Å²) in [4.78, 5) is 0. The predicted octanol–water partition coefficient (Wildman–Crippen LogP) is 5.52. The maximum atomic E-state index is 6.30. The number of halogens is 2. The van der Waals surface area contributed by atoms with E-state index < -0.39 is 0 Å². The van der Waals surface area contributed by atoms with Crippen molar-refractivity contribution < 1.29 is 4.74 Å². The van der Waals surface area contributed by atoms with Crippen LogP contribution in [0.3, 0.4) is 0 Å². The third-order valence-electron chi connectivity index (χ3n) is 3.24. The Balaban J connectivity index is 2.30. The molecule has 0 atom stereocenters. The van der Waals surface area contributed by atoms with E-state index in [0.717, 1.165) is 27.8 Å². The molecule has 112 valence electrons. The molecule has 2 nitrogen and oxygen atoms in total. The van der Waals surface area contributed by atoms with E-state index in [1.54, 1.807) is 0 Å². The Bertz CT molecular complexity index is 628. The minimum atomic E-state index is 0.368. The van der Waals surface area contributed by atoms with Crippen molar-refractivity contribution in [2.24, 2.45) is 5.73 Å². The summed E-state index contributed by atoms with van der Waals surface area (Å²) in [7, 11) is 0. The first-order valence-corrected chi connectivity index (χ1v) is 8.14. The van der Waals surface area contributed by atoms with E-state index in [-0.39, 0.29) is 0 Å². The van der Waals surface area contributed by atoms with E-state index in [4.69, 9.17) is 22.1 Å². The first kappa shape index (κ1) is 16.3. The molecule has 0 saturated heterocycles. The zero-order valence-electron chi connectivity index (χ0n) is 12.2. The highest BCUT2D eigenvalue weighted by Crippen LogP contribution is 2.36. The van der Waals surface area contributed by atoms with Crippen LogP contribution in [0, 0.1) is 0 Å². The van der Waals surface area contributed by atoms with Crippen LogP contribution in [0.15, 0.2) is 40.9 Å². The maximum absolute atomic E-state index is 6.30. The highest BCUT2D eigenvalue weighted by atomic mass is 79.9. The molecule has 4 heteroatoms. The molecule has 0 heterocycles. The molecule has 2 aromatic rings. The Hall–Kier alpha value is -1.03. The normalized spacial score (nSPS) is 11.0. The second kappa shape index (κ2) is 7.30. The highest BCUT2D eigenvalue weighted by Gasteiger charge is 2.11. The molecule has 0 saturated carbocycles. The summed E-state index contributed by atoms with van der Waals surface area (Å²) in [5, 5.41) is 0.610. The molecule has 0 fully saturated rings. The van der Waals surface area contributed by atoms with Crippen molar-refractivity contribution >= 4 is 27.5 Å². The van der Waals surface area contributed by atoms with Crippen molar-refractivity contribution in [3.05, 3.63) is 57.0 Å². The first-order chi connectivity index (χ1) is 10.0.